The number of ether oxygens (including phenoxy) is 1. The van der Waals surface area contributed by atoms with E-state index in [0.717, 1.165) is 3.59 Å². The number of carbonyl (C=O) groups is 1. The van der Waals surface area contributed by atoms with Crippen LogP contribution in [0, 0.1) is 0 Å². The molecular weight excluding hydrogens is 367 g/mol. The fourth-order valence-electron chi connectivity index (χ4n) is 2.62. The van der Waals surface area contributed by atoms with Gasteiger partial charge >= 0.3 is 123 Å². The molecule has 3 unspecified atom stereocenters. The Hall–Kier alpha value is -0.311. The Balaban J connectivity index is 2.23. The third-order valence-corrected chi connectivity index (χ3v) is 9.94. The molecule has 2 aliphatic heterocycles. The summed E-state index contributed by atoms with van der Waals surface area (Å²) >= 11 is -2.50. The van der Waals surface area contributed by atoms with Gasteiger partial charge in [0.05, 0.1) is 0 Å². The van der Waals surface area contributed by atoms with Crippen LogP contribution >= 0.6 is 0 Å². The van der Waals surface area contributed by atoms with E-state index in [9.17, 15) is 15.0 Å². The summed E-state index contributed by atoms with van der Waals surface area (Å²) in [5, 5.41) is 22.5. The number of hydrogen-bond donors (Lipinski definition) is 3. The molecule has 0 aromatic carbocycles. The first-order valence-corrected chi connectivity index (χ1v) is 17.1. The summed E-state index contributed by atoms with van der Waals surface area (Å²) in [6.07, 6.45) is 0.758. The van der Waals surface area contributed by atoms with Crippen LogP contribution < -0.4 is 5.32 Å². The van der Waals surface area contributed by atoms with E-state index in [0.29, 0.717) is 12.8 Å². The van der Waals surface area contributed by atoms with Gasteiger partial charge in [0.1, 0.15) is 0 Å². The number of carbonyl (C=O) groups excluding carboxylic acids is 1. The van der Waals surface area contributed by atoms with Gasteiger partial charge in [0.2, 0.25) is 0 Å². The zero-order valence-corrected chi connectivity index (χ0v) is 15.3. The monoisotopic (exact) mass is 392 g/mol. The molecule has 4 atom stereocenters. The SMILES string of the molecule is CCC1OC(N2C=[C]([Sn]([CH3])([CH3])[CH3])[C@H](O)NC2=O)CC1O. The molecule has 2 amide bonds. The summed E-state index contributed by atoms with van der Waals surface area (Å²) < 4.78 is 6.67. The van der Waals surface area contributed by atoms with Crippen LogP contribution in [-0.4, -0.2) is 64.2 Å². The molecule has 0 spiro atoms. The summed E-state index contributed by atoms with van der Waals surface area (Å²) in [7, 11) is 0. The first-order valence-electron chi connectivity index (χ1n) is 7.06. The van der Waals surface area contributed by atoms with Crippen LogP contribution in [0.15, 0.2) is 9.79 Å². The Labute approximate surface area is 123 Å². The fraction of sp³-hybridized carbons (Fsp3) is 0.769. The van der Waals surface area contributed by atoms with Crippen molar-refractivity contribution in [2.24, 2.45) is 0 Å². The van der Waals surface area contributed by atoms with Crippen molar-refractivity contribution in [3.05, 3.63) is 9.79 Å². The van der Waals surface area contributed by atoms with E-state index in [1.54, 1.807) is 6.20 Å². The topological polar surface area (TPSA) is 82.0 Å². The first-order chi connectivity index (χ1) is 9.24. The molecule has 1 fully saturated rings. The van der Waals surface area contributed by atoms with Crippen molar-refractivity contribution in [1.29, 1.82) is 0 Å². The summed E-state index contributed by atoms with van der Waals surface area (Å²) in [4.78, 5) is 20.1. The molecule has 3 N–H and O–H groups in total. The Morgan fingerprint density at radius 1 is 1.45 bits per heavy atom. The minimum absolute atomic E-state index is 0.227. The minimum atomic E-state index is -2.50. The molecule has 0 aliphatic carbocycles. The molecule has 2 heterocycles. The molecule has 114 valence electrons. The number of hydrogen-bond acceptors (Lipinski definition) is 4. The third-order valence-electron chi connectivity index (χ3n) is 3.85. The maximum absolute atomic E-state index is 12.0. The summed E-state index contributed by atoms with van der Waals surface area (Å²) in [5.41, 5.74) is 0. The van der Waals surface area contributed by atoms with Gasteiger partial charge in [-0.3, -0.25) is 0 Å². The van der Waals surface area contributed by atoms with Gasteiger partial charge in [-0.15, -0.1) is 0 Å². The van der Waals surface area contributed by atoms with Gasteiger partial charge in [-0.05, 0) is 0 Å². The zero-order valence-electron chi connectivity index (χ0n) is 12.5. The van der Waals surface area contributed by atoms with Crippen LogP contribution in [0.4, 0.5) is 4.79 Å². The molecule has 2 rings (SSSR count). The number of aliphatic hydroxyl groups excluding tert-OH is 2. The van der Waals surface area contributed by atoms with Crippen molar-refractivity contribution >= 4 is 24.4 Å². The quantitative estimate of drug-likeness (QED) is 0.627. The Bertz CT molecular complexity index is 421. The van der Waals surface area contributed by atoms with E-state index in [1.807, 2.05) is 6.92 Å². The van der Waals surface area contributed by atoms with Crippen molar-refractivity contribution in [2.75, 3.05) is 0 Å². The normalized spacial score (nSPS) is 35.0. The van der Waals surface area contributed by atoms with Crippen molar-refractivity contribution in [2.45, 2.75) is 59.2 Å². The molecule has 20 heavy (non-hydrogen) atoms. The van der Waals surface area contributed by atoms with E-state index in [1.165, 1.54) is 4.90 Å². The van der Waals surface area contributed by atoms with Gasteiger partial charge in [0, 0.05) is 0 Å². The van der Waals surface area contributed by atoms with Crippen molar-refractivity contribution < 1.29 is 19.7 Å². The van der Waals surface area contributed by atoms with Gasteiger partial charge in [0.15, 0.2) is 0 Å². The summed E-state index contributed by atoms with van der Waals surface area (Å²) in [5.74, 6) is 0. The number of rotatable bonds is 3. The van der Waals surface area contributed by atoms with Gasteiger partial charge < -0.3 is 0 Å². The molecule has 6 nitrogen and oxygen atoms in total. The number of urea groups is 1. The molecule has 1 saturated heterocycles. The zero-order chi connectivity index (χ0) is 15.1. The number of aliphatic hydroxyl groups is 2. The second-order valence-electron chi connectivity index (χ2n) is 6.43. The molecular formula is C13H24N2O4Sn. The molecule has 2 aliphatic rings. The fourth-order valence-corrected chi connectivity index (χ4v) is 6.67. The predicted molar refractivity (Wildman–Crippen MR) is 77.4 cm³/mol. The average Bonchev–Trinajstić information content (AvgIpc) is 2.68. The number of amides is 2. The van der Waals surface area contributed by atoms with E-state index in [4.69, 9.17) is 4.74 Å². The Kier molecular flexibility index (Phi) is 4.68. The molecule has 0 bridgehead atoms. The predicted octanol–water partition coefficient (Wildman–Crippen LogP) is 0.977. The molecule has 0 aromatic rings. The molecule has 0 saturated carbocycles. The average molecular weight is 391 g/mol. The molecule has 7 heteroatoms. The van der Waals surface area contributed by atoms with Gasteiger partial charge in [-0.1, -0.05) is 0 Å². The second-order valence-corrected chi connectivity index (χ2v) is 20.9. The number of nitrogens with one attached hydrogen (secondary N) is 1. The van der Waals surface area contributed by atoms with Gasteiger partial charge in [-0.25, -0.2) is 0 Å². The van der Waals surface area contributed by atoms with Crippen LogP contribution in [-0.2, 0) is 4.74 Å². The van der Waals surface area contributed by atoms with Crippen LogP contribution in [0.2, 0.25) is 14.8 Å². The number of nitrogens with zero attached hydrogens (tertiary/aromatic N) is 1. The molecule has 0 radical (unpaired) electrons. The van der Waals surface area contributed by atoms with Crippen molar-refractivity contribution in [3.63, 3.8) is 0 Å². The van der Waals surface area contributed by atoms with E-state index in [2.05, 4.69) is 20.1 Å². The van der Waals surface area contributed by atoms with Crippen LogP contribution in [0.5, 0.6) is 0 Å². The van der Waals surface area contributed by atoms with E-state index < -0.39 is 36.9 Å². The van der Waals surface area contributed by atoms with Crippen molar-refractivity contribution in [3.8, 4) is 0 Å². The van der Waals surface area contributed by atoms with Gasteiger partial charge in [0.25, 0.3) is 0 Å². The third kappa shape index (κ3) is 3.13. The Morgan fingerprint density at radius 2 is 2.10 bits per heavy atom. The van der Waals surface area contributed by atoms with Gasteiger partial charge in [-0.2, -0.15) is 0 Å². The van der Waals surface area contributed by atoms with Crippen LogP contribution in [0.1, 0.15) is 19.8 Å². The molecule has 0 aromatic heterocycles. The standard InChI is InChI=1S/C10H15N2O4.3CH3.Sn/c1-2-7-6(13)5-9(16-7)12-4-3-8(14)11-10(12)15;;;;/h4,6-9,13-14H,2,5H2,1H3,(H,11,15);3*1H3;/t6?,7?,8-,9?;;;;/m0..../s1. The van der Waals surface area contributed by atoms with E-state index in [-0.39, 0.29) is 12.1 Å². The van der Waals surface area contributed by atoms with E-state index >= 15 is 0 Å². The van der Waals surface area contributed by atoms with Crippen LogP contribution in [0.3, 0.4) is 0 Å². The van der Waals surface area contributed by atoms with Crippen molar-refractivity contribution in [1.82, 2.24) is 10.2 Å². The summed E-state index contributed by atoms with van der Waals surface area (Å²) in [6, 6.07) is -0.370. The summed E-state index contributed by atoms with van der Waals surface area (Å²) in [6.45, 7) is 1.95. The second kappa shape index (κ2) is 5.82. The Morgan fingerprint density at radius 3 is 2.60 bits per heavy atom. The van der Waals surface area contributed by atoms with Crippen LogP contribution in [0.25, 0.3) is 0 Å². The first kappa shape index (κ1) is 16.1. The maximum atomic E-state index is 12.0.